The molecule has 2 aromatic rings. The number of aryl methyl sites for hydroxylation is 2. The van der Waals surface area contributed by atoms with Crippen molar-refractivity contribution in [3.8, 4) is 0 Å². The molecule has 0 saturated carbocycles. The van der Waals surface area contributed by atoms with Gasteiger partial charge in [0, 0.05) is 13.1 Å². The van der Waals surface area contributed by atoms with Crippen molar-refractivity contribution in [3.05, 3.63) is 51.9 Å². The van der Waals surface area contributed by atoms with Gasteiger partial charge < -0.3 is 9.73 Å². The fourth-order valence-corrected chi connectivity index (χ4v) is 3.27. The van der Waals surface area contributed by atoms with Crippen LogP contribution in [-0.4, -0.2) is 27.4 Å². The Bertz CT molecular complexity index is 815. The van der Waals surface area contributed by atoms with Crippen molar-refractivity contribution in [1.29, 1.82) is 0 Å². The van der Waals surface area contributed by atoms with E-state index < -0.39 is 15.9 Å². The zero-order valence-electron chi connectivity index (χ0n) is 12.7. The van der Waals surface area contributed by atoms with Gasteiger partial charge in [0.05, 0.1) is 4.90 Å². The van der Waals surface area contributed by atoms with Crippen molar-refractivity contribution in [1.82, 2.24) is 10.0 Å². The third-order valence-corrected chi connectivity index (χ3v) is 5.17. The van der Waals surface area contributed by atoms with Crippen molar-refractivity contribution in [2.45, 2.75) is 18.7 Å². The Morgan fingerprint density at radius 3 is 2.48 bits per heavy atom. The fraction of sp³-hybridized carbons (Fsp3) is 0.267. The van der Waals surface area contributed by atoms with Gasteiger partial charge in [-0.3, -0.25) is 4.79 Å². The first kappa shape index (κ1) is 17.7. The molecule has 6 nitrogen and oxygen atoms in total. The van der Waals surface area contributed by atoms with E-state index in [0.717, 1.165) is 11.1 Å². The number of rotatable bonds is 6. The van der Waals surface area contributed by atoms with Crippen LogP contribution in [-0.2, 0) is 10.0 Å². The van der Waals surface area contributed by atoms with Crippen LogP contribution in [0.15, 0.2) is 44.3 Å². The minimum Gasteiger partial charge on any atom is -0.444 e. The Morgan fingerprint density at radius 1 is 1.13 bits per heavy atom. The Morgan fingerprint density at radius 2 is 1.87 bits per heavy atom. The summed E-state index contributed by atoms with van der Waals surface area (Å²) >= 11 is 3.11. The lowest BCUT2D eigenvalue weighted by Gasteiger charge is -2.09. The number of nitrogens with one attached hydrogen (secondary N) is 2. The maximum absolute atomic E-state index is 12.2. The van der Waals surface area contributed by atoms with Gasteiger partial charge in [-0.2, -0.15) is 0 Å². The SMILES string of the molecule is Cc1ccc(S(=O)(=O)NCCNC(=O)c2ccc(Br)o2)cc1C. The highest BCUT2D eigenvalue weighted by Crippen LogP contribution is 2.15. The number of amides is 1. The number of carbonyl (C=O) groups is 1. The molecule has 0 spiro atoms. The molecule has 0 unspecified atom stereocenters. The molecule has 1 aromatic carbocycles. The topological polar surface area (TPSA) is 88.4 Å². The molecular weight excluding hydrogens is 384 g/mol. The monoisotopic (exact) mass is 400 g/mol. The summed E-state index contributed by atoms with van der Waals surface area (Å²) in [5.41, 5.74) is 1.94. The Labute approximate surface area is 143 Å². The average molecular weight is 401 g/mol. The van der Waals surface area contributed by atoms with E-state index in [4.69, 9.17) is 4.42 Å². The molecule has 23 heavy (non-hydrogen) atoms. The highest BCUT2D eigenvalue weighted by atomic mass is 79.9. The molecule has 0 bridgehead atoms. The van der Waals surface area contributed by atoms with Gasteiger partial charge in [-0.25, -0.2) is 13.1 Å². The van der Waals surface area contributed by atoms with E-state index in [1.54, 1.807) is 24.3 Å². The lowest BCUT2D eigenvalue weighted by Crippen LogP contribution is -2.34. The van der Waals surface area contributed by atoms with Gasteiger partial charge in [0.25, 0.3) is 5.91 Å². The van der Waals surface area contributed by atoms with E-state index in [9.17, 15) is 13.2 Å². The standard InChI is InChI=1S/C15H17BrN2O4S/c1-10-3-4-12(9-11(10)2)23(20,21)18-8-7-17-15(19)13-5-6-14(16)22-13/h3-6,9,18H,7-8H2,1-2H3,(H,17,19). The lowest BCUT2D eigenvalue weighted by molar-refractivity contribution is 0.0925. The van der Waals surface area contributed by atoms with Crippen LogP contribution in [0, 0.1) is 13.8 Å². The highest BCUT2D eigenvalue weighted by Gasteiger charge is 2.15. The van der Waals surface area contributed by atoms with Gasteiger partial charge in [0.1, 0.15) is 0 Å². The predicted molar refractivity (Wildman–Crippen MR) is 89.8 cm³/mol. The molecule has 2 N–H and O–H groups in total. The van der Waals surface area contributed by atoms with Crippen LogP contribution in [0.5, 0.6) is 0 Å². The van der Waals surface area contributed by atoms with Gasteiger partial charge in [0.15, 0.2) is 10.4 Å². The van der Waals surface area contributed by atoms with Crippen molar-refractivity contribution >= 4 is 31.9 Å². The normalized spacial score (nSPS) is 11.4. The van der Waals surface area contributed by atoms with E-state index in [-0.39, 0.29) is 23.7 Å². The van der Waals surface area contributed by atoms with Crippen molar-refractivity contribution < 1.29 is 17.6 Å². The van der Waals surface area contributed by atoms with Gasteiger partial charge in [0.2, 0.25) is 10.0 Å². The molecule has 1 amide bonds. The summed E-state index contributed by atoms with van der Waals surface area (Å²) in [4.78, 5) is 11.9. The van der Waals surface area contributed by atoms with E-state index in [1.807, 2.05) is 13.8 Å². The highest BCUT2D eigenvalue weighted by molar-refractivity contribution is 9.10. The second kappa shape index (κ2) is 7.29. The summed E-state index contributed by atoms with van der Waals surface area (Å²) < 4.78 is 32.3. The van der Waals surface area contributed by atoms with Crippen LogP contribution in [0.4, 0.5) is 0 Å². The molecule has 8 heteroatoms. The number of benzene rings is 1. The molecule has 0 aliphatic carbocycles. The largest absolute Gasteiger partial charge is 0.444 e. The summed E-state index contributed by atoms with van der Waals surface area (Å²) in [5, 5.41) is 2.58. The van der Waals surface area contributed by atoms with Gasteiger partial charge >= 0.3 is 0 Å². The van der Waals surface area contributed by atoms with E-state index >= 15 is 0 Å². The average Bonchev–Trinajstić information content (AvgIpc) is 2.93. The first-order valence-corrected chi connectivity index (χ1v) is 9.17. The first-order chi connectivity index (χ1) is 10.8. The number of carbonyl (C=O) groups excluding carboxylic acids is 1. The van der Waals surface area contributed by atoms with Gasteiger partial charge in [-0.05, 0) is 65.2 Å². The summed E-state index contributed by atoms with van der Waals surface area (Å²) in [6, 6.07) is 8.08. The molecule has 0 atom stereocenters. The van der Waals surface area contributed by atoms with Gasteiger partial charge in [-0.15, -0.1) is 0 Å². The summed E-state index contributed by atoms with van der Waals surface area (Å²) in [7, 11) is -3.59. The van der Waals surface area contributed by atoms with Crippen molar-refractivity contribution in [2.24, 2.45) is 0 Å². The smallest absolute Gasteiger partial charge is 0.287 e. The second-order valence-corrected chi connectivity index (χ2v) is 7.55. The van der Waals surface area contributed by atoms with Crippen molar-refractivity contribution in [3.63, 3.8) is 0 Å². The molecule has 0 saturated heterocycles. The number of sulfonamides is 1. The number of hydrogen-bond donors (Lipinski definition) is 2. The summed E-state index contributed by atoms with van der Waals surface area (Å²) in [5.74, 6) is -0.241. The maximum Gasteiger partial charge on any atom is 0.287 e. The summed E-state index contributed by atoms with van der Waals surface area (Å²) in [6.07, 6.45) is 0. The van der Waals surface area contributed by atoms with Crippen molar-refractivity contribution in [2.75, 3.05) is 13.1 Å². The van der Waals surface area contributed by atoms with Crippen LogP contribution in [0.25, 0.3) is 0 Å². The van der Waals surface area contributed by atoms with Gasteiger partial charge in [-0.1, -0.05) is 6.07 Å². The minimum absolute atomic E-state index is 0.0862. The number of hydrogen-bond acceptors (Lipinski definition) is 4. The molecule has 1 aromatic heterocycles. The predicted octanol–water partition coefficient (Wildman–Crippen LogP) is 2.37. The lowest BCUT2D eigenvalue weighted by atomic mass is 10.1. The van der Waals surface area contributed by atoms with E-state index in [2.05, 4.69) is 26.0 Å². The molecule has 2 rings (SSSR count). The van der Waals surface area contributed by atoms with Crippen LogP contribution >= 0.6 is 15.9 Å². The quantitative estimate of drug-likeness (QED) is 0.728. The molecule has 0 radical (unpaired) electrons. The summed E-state index contributed by atoms with van der Waals surface area (Å²) in [6.45, 7) is 4.02. The minimum atomic E-state index is -3.59. The van der Waals surface area contributed by atoms with Crippen LogP contribution < -0.4 is 10.0 Å². The second-order valence-electron chi connectivity index (χ2n) is 5.00. The molecular formula is C15H17BrN2O4S. The zero-order valence-corrected chi connectivity index (χ0v) is 15.1. The fourth-order valence-electron chi connectivity index (χ4n) is 1.85. The zero-order chi connectivity index (χ0) is 17.0. The molecule has 0 aliphatic heterocycles. The Hall–Kier alpha value is -1.64. The van der Waals surface area contributed by atoms with Crippen LogP contribution in [0.2, 0.25) is 0 Å². The first-order valence-electron chi connectivity index (χ1n) is 6.90. The molecule has 1 heterocycles. The van der Waals surface area contributed by atoms with Crippen LogP contribution in [0.1, 0.15) is 21.7 Å². The third kappa shape index (κ3) is 4.66. The van der Waals surface area contributed by atoms with E-state index in [0.29, 0.717) is 4.67 Å². The molecule has 124 valence electrons. The number of furan rings is 1. The molecule has 0 fully saturated rings. The van der Waals surface area contributed by atoms with Crippen LogP contribution in [0.3, 0.4) is 0 Å². The Balaban J connectivity index is 1.87. The van der Waals surface area contributed by atoms with E-state index in [1.165, 1.54) is 6.07 Å². The maximum atomic E-state index is 12.2. The third-order valence-electron chi connectivity index (χ3n) is 3.29. The Kier molecular flexibility index (Phi) is 5.61. The number of halogens is 1. The molecule has 0 aliphatic rings.